The lowest BCUT2D eigenvalue weighted by molar-refractivity contribution is 0.608. The molecule has 0 fully saturated rings. The number of aromatic nitrogens is 3. The molecule has 2 aliphatic rings. The maximum Gasteiger partial charge on any atom is 0.164 e. The molecule has 2 aliphatic heterocycles. The molecule has 0 amide bonds. The smallest absolute Gasteiger partial charge is 0.164 e. The molecule has 0 saturated heterocycles. The topological polar surface area (TPSA) is 41.9 Å². The van der Waals surface area contributed by atoms with Gasteiger partial charge in [0.2, 0.25) is 0 Å². The number of benzene rings is 7. The molecular weight excluding hydrogens is 701 g/mol. The van der Waals surface area contributed by atoms with Gasteiger partial charge in [0.15, 0.2) is 17.5 Å². The number of para-hydroxylation sites is 2. The summed E-state index contributed by atoms with van der Waals surface area (Å²) in [5.74, 6) is 2.00. The zero-order valence-electron chi connectivity index (χ0n) is 31.9. The number of rotatable bonds is 5. The van der Waals surface area contributed by atoms with E-state index in [2.05, 4.69) is 166 Å². The molecule has 56 heavy (non-hydrogen) atoms. The van der Waals surface area contributed by atoms with Gasteiger partial charge in [0.05, 0.1) is 11.4 Å². The first-order valence-corrected chi connectivity index (χ1v) is 20.0. The van der Waals surface area contributed by atoms with Crippen LogP contribution in [-0.2, 0) is 10.8 Å². The maximum absolute atomic E-state index is 5.05. The lowest BCUT2D eigenvalue weighted by Gasteiger charge is -2.42. The molecule has 5 heteroatoms. The van der Waals surface area contributed by atoms with Crippen molar-refractivity contribution < 1.29 is 0 Å². The van der Waals surface area contributed by atoms with Crippen LogP contribution < -0.4 is 4.90 Å². The van der Waals surface area contributed by atoms with E-state index in [-0.39, 0.29) is 10.8 Å². The Labute approximate surface area is 333 Å². The summed E-state index contributed by atoms with van der Waals surface area (Å²) in [5, 5.41) is 0. The standard InChI is InChI=1S/C51H40N4S/c1-50(2)39-22-14-15-23-43(39)55(38-20-12-7-13-21-38)44-32-36(24-27-40(44)50)35-25-28-45-41(30-35)51(3,4)42-31-37(26-29-46(42)56-45)49-53-47(33-16-8-5-9-17-33)52-48(54-49)34-18-10-6-11-19-34/h5-32H,1-4H3. The molecule has 0 aliphatic carbocycles. The minimum absolute atomic E-state index is 0.145. The third-order valence-electron chi connectivity index (χ3n) is 11.6. The summed E-state index contributed by atoms with van der Waals surface area (Å²) < 4.78 is 0. The van der Waals surface area contributed by atoms with E-state index in [1.165, 1.54) is 54.5 Å². The number of fused-ring (bicyclic) bond motifs is 4. The summed E-state index contributed by atoms with van der Waals surface area (Å²) in [6.07, 6.45) is 0. The van der Waals surface area contributed by atoms with E-state index in [4.69, 9.17) is 15.0 Å². The molecule has 10 rings (SSSR count). The Balaban J connectivity index is 1.06. The predicted molar refractivity (Wildman–Crippen MR) is 231 cm³/mol. The zero-order valence-corrected chi connectivity index (χ0v) is 32.7. The van der Waals surface area contributed by atoms with Crippen molar-refractivity contribution in [2.75, 3.05) is 4.90 Å². The predicted octanol–water partition coefficient (Wildman–Crippen LogP) is 13.4. The largest absolute Gasteiger partial charge is 0.310 e. The molecule has 8 aromatic rings. The molecule has 0 saturated carbocycles. The van der Waals surface area contributed by atoms with E-state index in [0.717, 1.165) is 22.4 Å². The number of anilines is 3. The van der Waals surface area contributed by atoms with Crippen molar-refractivity contribution in [3.8, 4) is 45.3 Å². The van der Waals surface area contributed by atoms with Gasteiger partial charge < -0.3 is 4.90 Å². The summed E-state index contributed by atoms with van der Waals surface area (Å²) >= 11 is 1.84. The molecule has 1 aromatic heterocycles. The minimum Gasteiger partial charge on any atom is -0.310 e. The second kappa shape index (κ2) is 13.2. The SMILES string of the molecule is CC1(C)c2cc(-c3ccc4c(c3)N(c3ccccc3)c3ccccc3C4(C)C)ccc2Sc2ccc(-c3nc(-c4ccccc4)nc(-c4ccccc4)n3)cc21. The van der Waals surface area contributed by atoms with Gasteiger partial charge in [0, 0.05) is 43.0 Å². The van der Waals surface area contributed by atoms with E-state index in [1.807, 2.05) is 48.2 Å². The fourth-order valence-electron chi connectivity index (χ4n) is 8.49. The lowest BCUT2D eigenvalue weighted by Crippen LogP contribution is -2.30. The van der Waals surface area contributed by atoms with Crippen LogP contribution in [0.15, 0.2) is 180 Å². The molecule has 4 nitrogen and oxygen atoms in total. The van der Waals surface area contributed by atoms with Crippen LogP contribution in [-0.4, -0.2) is 15.0 Å². The van der Waals surface area contributed by atoms with Crippen molar-refractivity contribution in [3.05, 3.63) is 192 Å². The maximum atomic E-state index is 5.05. The van der Waals surface area contributed by atoms with Gasteiger partial charge in [0.1, 0.15) is 0 Å². The second-order valence-corrected chi connectivity index (χ2v) is 16.8. The van der Waals surface area contributed by atoms with Crippen molar-refractivity contribution in [2.24, 2.45) is 0 Å². The first-order valence-electron chi connectivity index (χ1n) is 19.2. The zero-order chi connectivity index (χ0) is 38.0. The van der Waals surface area contributed by atoms with E-state index in [1.54, 1.807) is 0 Å². The van der Waals surface area contributed by atoms with Gasteiger partial charge >= 0.3 is 0 Å². The van der Waals surface area contributed by atoms with Gasteiger partial charge in [-0.05, 0) is 81.9 Å². The van der Waals surface area contributed by atoms with Crippen LogP contribution in [0.4, 0.5) is 17.1 Å². The highest BCUT2D eigenvalue weighted by Crippen LogP contribution is 2.54. The second-order valence-electron chi connectivity index (χ2n) is 15.7. The first kappa shape index (κ1) is 34.2. The van der Waals surface area contributed by atoms with E-state index in [9.17, 15) is 0 Å². The highest BCUT2D eigenvalue weighted by Gasteiger charge is 2.38. The van der Waals surface area contributed by atoms with Crippen LogP contribution in [0, 0.1) is 0 Å². The van der Waals surface area contributed by atoms with Gasteiger partial charge in [-0.3, -0.25) is 0 Å². The van der Waals surface area contributed by atoms with Crippen LogP contribution >= 0.6 is 11.8 Å². The summed E-state index contributed by atoms with van der Waals surface area (Å²) in [7, 11) is 0. The summed E-state index contributed by atoms with van der Waals surface area (Å²) in [6.45, 7) is 9.39. The van der Waals surface area contributed by atoms with Crippen molar-refractivity contribution in [1.82, 2.24) is 15.0 Å². The Morgan fingerprint density at radius 3 is 1.45 bits per heavy atom. The van der Waals surface area contributed by atoms with Gasteiger partial charge in [-0.25, -0.2) is 15.0 Å². The summed E-state index contributed by atoms with van der Waals surface area (Å²) in [6, 6.07) is 60.7. The minimum atomic E-state index is -0.273. The summed E-state index contributed by atoms with van der Waals surface area (Å²) in [5.41, 5.74) is 13.8. The van der Waals surface area contributed by atoms with E-state index < -0.39 is 0 Å². The molecular formula is C51H40N4S. The fraction of sp³-hybridized carbons (Fsp3) is 0.118. The highest BCUT2D eigenvalue weighted by molar-refractivity contribution is 7.99. The van der Waals surface area contributed by atoms with Crippen molar-refractivity contribution in [1.29, 1.82) is 0 Å². The molecule has 0 unspecified atom stereocenters. The molecule has 0 radical (unpaired) electrons. The van der Waals surface area contributed by atoms with Crippen LogP contribution in [0.1, 0.15) is 49.9 Å². The van der Waals surface area contributed by atoms with Crippen molar-refractivity contribution in [2.45, 2.75) is 48.3 Å². The van der Waals surface area contributed by atoms with Gasteiger partial charge in [0.25, 0.3) is 0 Å². The normalized spacial score (nSPS) is 14.6. The molecule has 0 bridgehead atoms. The number of nitrogens with zero attached hydrogens (tertiary/aromatic N) is 4. The Morgan fingerprint density at radius 1 is 0.375 bits per heavy atom. The Morgan fingerprint density at radius 2 is 0.821 bits per heavy atom. The number of hydrogen-bond donors (Lipinski definition) is 0. The Bertz CT molecular complexity index is 2720. The quantitative estimate of drug-likeness (QED) is 0.176. The lowest BCUT2D eigenvalue weighted by atomic mass is 9.73. The van der Waals surface area contributed by atoms with Crippen LogP contribution in [0.5, 0.6) is 0 Å². The molecule has 3 heterocycles. The monoisotopic (exact) mass is 740 g/mol. The van der Waals surface area contributed by atoms with Gasteiger partial charge in [-0.1, -0.05) is 161 Å². The van der Waals surface area contributed by atoms with E-state index in [0.29, 0.717) is 17.5 Å². The third-order valence-corrected chi connectivity index (χ3v) is 12.7. The average molecular weight is 741 g/mol. The Kier molecular flexibility index (Phi) is 8.05. The molecule has 0 atom stereocenters. The molecule has 0 spiro atoms. The number of hydrogen-bond acceptors (Lipinski definition) is 5. The third kappa shape index (κ3) is 5.65. The highest BCUT2D eigenvalue weighted by atomic mass is 32.2. The summed E-state index contributed by atoms with van der Waals surface area (Å²) in [4.78, 5) is 20.0. The van der Waals surface area contributed by atoms with Gasteiger partial charge in [-0.2, -0.15) is 0 Å². The fourth-order valence-corrected chi connectivity index (χ4v) is 9.84. The van der Waals surface area contributed by atoms with Crippen molar-refractivity contribution in [3.63, 3.8) is 0 Å². The molecule has 270 valence electrons. The molecule has 7 aromatic carbocycles. The van der Waals surface area contributed by atoms with Crippen molar-refractivity contribution >= 4 is 28.8 Å². The Hall–Kier alpha value is -6.30. The van der Waals surface area contributed by atoms with Crippen LogP contribution in [0.25, 0.3) is 45.3 Å². The van der Waals surface area contributed by atoms with Crippen LogP contribution in [0.3, 0.4) is 0 Å². The van der Waals surface area contributed by atoms with Crippen LogP contribution in [0.2, 0.25) is 0 Å². The molecule has 0 N–H and O–H groups in total. The van der Waals surface area contributed by atoms with E-state index >= 15 is 0 Å². The first-order chi connectivity index (χ1) is 27.3. The average Bonchev–Trinajstić information content (AvgIpc) is 3.24. The van der Waals surface area contributed by atoms with Gasteiger partial charge in [-0.15, -0.1) is 0 Å².